The van der Waals surface area contributed by atoms with Crippen molar-refractivity contribution in [1.82, 2.24) is 15.5 Å². The van der Waals surface area contributed by atoms with E-state index >= 15 is 0 Å². The van der Waals surface area contributed by atoms with Gasteiger partial charge in [-0.25, -0.2) is 9.59 Å². The fourth-order valence-electron chi connectivity index (χ4n) is 2.31. The molecule has 2 amide bonds. The van der Waals surface area contributed by atoms with Gasteiger partial charge in [-0.2, -0.15) is 0 Å². The molecule has 8 heteroatoms. The Morgan fingerprint density at radius 2 is 1.76 bits per heavy atom. The second-order valence-electron chi connectivity index (χ2n) is 5.29. The summed E-state index contributed by atoms with van der Waals surface area (Å²) < 4.78 is 0. The van der Waals surface area contributed by atoms with Gasteiger partial charge in [-0.3, -0.25) is 9.69 Å². The number of hydrogen-bond acceptors (Lipinski definition) is 4. The molecule has 2 atom stereocenters. The molecule has 1 fully saturated rings. The molecule has 8 nitrogen and oxygen atoms in total. The van der Waals surface area contributed by atoms with Crippen molar-refractivity contribution >= 4 is 18.0 Å². The third-order valence-corrected chi connectivity index (χ3v) is 3.55. The highest BCUT2D eigenvalue weighted by atomic mass is 16.4. The van der Waals surface area contributed by atoms with Crippen LogP contribution < -0.4 is 10.6 Å². The molecule has 1 aliphatic rings. The smallest absolute Gasteiger partial charge is 0.326 e. The SMILES string of the molecule is CC(CNC(=O)NC(CC(=O)O)C(=O)O)N1CCCCC1. The molecule has 0 aromatic carbocycles. The van der Waals surface area contributed by atoms with Crippen LogP contribution >= 0.6 is 0 Å². The number of likely N-dealkylation sites (tertiary alicyclic amines) is 1. The van der Waals surface area contributed by atoms with Gasteiger partial charge in [0.05, 0.1) is 6.42 Å². The molecule has 21 heavy (non-hydrogen) atoms. The molecule has 1 saturated heterocycles. The van der Waals surface area contributed by atoms with E-state index < -0.39 is 30.4 Å². The van der Waals surface area contributed by atoms with Gasteiger partial charge < -0.3 is 20.8 Å². The summed E-state index contributed by atoms with van der Waals surface area (Å²) in [4.78, 5) is 35.3. The molecule has 0 saturated carbocycles. The van der Waals surface area contributed by atoms with Crippen molar-refractivity contribution in [3.8, 4) is 0 Å². The highest BCUT2D eigenvalue weighted by Gasteiger charge is 2.23. The van der Waals surface area contributed by atoms with E-state index in [-0.39, 0.29) is 6.04 Å². The lowest BCUT2D eigenvalue weighted by Gasteiger charge is -2.32. The van der Waals surface area contributed by atoms with Gasteiger partial charge in [0.1, 0.15) is 6.04 Å². The molecule has 120 valence electrons. The van der Waals surface area contributed by atoms with E-state index in [2.05, 4.69) is 15.5 Å². The summed E-state index contributed by atoms with van der Waals surface area (Å²) in [6.45, 7) is 4.39. The first kappa shape index (κ1) is 17.2. The van der Waals surface area contributed by atoms with Gasteiger partial charge >= 0.3 is 18.0 Å². The number of carbonyl (C=O) groups is 3. The Balaban J connectivity index is 2.34. The molecule has 1 rings (SSSR count). The van der Waals surface area contributed by atoms with E-state index in [1.165, 1.54) is 6.42 Å². The van der Waals surface area contributed by atoms with Crippen LogP contribution in [0.5, 0.6) is 0 Å². The molecule has 1 aliphatic heterocycles. The largest absolute Gasteiger partial charge is 0.481 e. The van der Waals surface area contributed by atoms with Gasteiger partial charge in [0.15, 0.2) is 0 Å². The Hall–Kier alpha value is -1.83. The number of carboxylic acids is 2. The predicted octanol–water partition coefficient (Wildman–Crippen LogP) is 0.0879. The third-order valence-electron chi connectivity index (χ3n) is 3.55. The maximum Gasteiger partial charge on any atom is 0.326 e. The first-order valence-corrected chi connectivity index (χ1v) is 7.13. The fourth-order valence-corrected chi connectivity index (χ4v) is 2.31. The fraction of sp³-hybridized carbons (Fsp3) is 0.769. The molecule has 0 radical (unpaired) electrons. The van der Waals surface area contributed by atoms with E-state index in [9.17, 15) is 14.4 Å². The molecule has 4 N–H and O–H groups in total. The lowest BCUT2D eigenvalue weighted by molar-refractivity contribution is -0.145. The molecule has 0 bridgehead atoms. The summed E-state index contributed by atoms with van der Waals surface area (Å²) in [6.07, 6.45) is 2.88. The number of carboxylic acid groups (broad SMARTS) is 2. The molecule has 2 unspecified atom stereocenters. The van der Waals surface area contributed by atoms with Crippen molar-refractivity contribution in [2.75, 3.05) is 19.6 Å². The van der Waals surface area contributed by atoms with E-state index in [0.29, 0.717) is 6.54 Å². The van der Waals surface area contributed by atoms with Crippen molar-refractivity contribution in [3.63, 3.8) is 0 Å². The summed E-state index contributed by atoms with van der Waals surface area (Å²) in [5.74, 6) is -2.64. The first-order valence-electron chi connectivity index (χ1n) is 7.13. The summed E-state index contributed by atoms with van der Waals surface area (Å²) in [6, 6.07) is -1.92. The number of urea groups is 1. The van der Waals surface area contributed by atoms with Gasteiger partial charge in [-0.15, -0.1) is 0 Å². The summed E-state index contributed by atoms with van der Waals surface area (Å²) in [7, 11) is 0. The molecule has 0 aromatic heterocycles. The average Bonchev–Trinajstić information content (AvgIpc) is 2.44. The highest BCUT2D eigenvalue weighted by molar-refractivity contribution is 5.86. The lowest BCUT2D eigenvalue weighted by Crippen LogP contribution is -2.50. The van der Waals surface area contributed by atoms with E-state index in [4.69, 9.17) is 10.2 Å². The molecular formula is C13H23N3O5. The second-order valence-corrected chi connectivity index (χ2v) is 5.29. The standard InChI is InChI=1S/C13H23N3O5/c1-9(16-5-3-2-4-6-16)8-14-13(21)15-10(12(19)20)7-11(17)18/h9-10H,2-8H2,1H3,(H,17,18)(H,19,20)(H2,14,15,21). The number of nitrogens with zero attached hydrogens (tertiary/aromatic N) is 1. The van der Waals surface area contributed by atoms with Crippen LogP contribution in [0.2, 0.25) is 0 Å². The van der Waals surface area contributed by atoms with Crippen LogP contribution in [0.4, 0.5) is 4.79 Å². The van der Waals surface area contributed by atoms with Crippen molar-refractivity contribution in [1.29, 1.82) is 0 Å². The second kappa shape index (κ2) is 8.46. The molecule has 0 aliphatic carbocycles. The topological polar surface area (TPSA) is 119 Å². The Kier molecular flexibility index (Phi) is 6.93. The molecular weight excluding hydrogens is 278 g/mol. The molecule has 0 spiro atoms. The predicted molar refractivity (Wildman–Crippen MR) is 75.1 cm³/mol. The molecule has 0 aromatic rings. The Bertz CT molecular complexity index is 382. The average molecular weight is 301 g/mol. The van der Waals surface area contributed by atoms with Crippen LogP contribution in [0.15, 0.2) is 0 Å². The minimum Gasteiger partial charge on any atom is -0.481 e. The zero-order chi connectivity index (χ0) is 15.8. The van der Waals surface area contributed by atoms with Gasteiger partial charge in [0.25, 0.3) is 0 Å². The van der Waals surface area contributed by atoms with Crippen LogP contribution in [0.3, 0.4) is 0 Å². The number of hydrogen-bond donors (Lipinski definition) is 4. The monoisotopic (exact) mass is 301 g/mol. The maximum absolute atomic E-state index is 11.6. The Morgan fingerprint density at radius 3 is 2.29 bits per heavy atom. The van der Waals surface area contributed by atoms with Crippen molar-refractivity contribution in [2.45, 2.75) is 44.7 Å². The van der Waals surface area contributed by atoms with E-state index in [0.717, 1.165) is 25.9 Å². The van der Waals surface area contributed by atoms with E-state index in [1.807, 2.05) is 6.92 Å². The zero-order valence-corrected chi connectivity index (χ0v) is 12.2. The molecule has 1 heterocycles. The third kappa shape index (κ3) is 6.44. The minimum absolute atomic E-state index is 0.166. The van der Waals surface area contributed by atoms with Gasteiger partial charge in [-0.1, -0.05) is 6.42 Å². The zero-order valence-electron chi connectivity index (χ0n) is 12.2. The Labute approximate surface area is 123 Å². The summed E-state index contributed by atoms with van der Waals surface area (Å²) >= 11 is 0. The van der Waals surface area contributed by atoms with Crippen LogP contribution in [-0.4, -0.2) is 64.8 Å². The minimum atomic E-state index is -1.42. The first-order chi connectivity index (χ1) is 9.90. The van der Waals surface area contributed by atoms with Gasteiger partial charge in [0, 0.05) is 12.6 Å². The normalized spacial score (nSPS) is 18.5. The number of carbonyl (C=O) groups excluding carboxylic acids is 1. The van der Waals surface area contributed by atoms with E-state index in [1.54, 1.807) is 0 Å². The summed E-state index contributed by atoms with van der Waals surface area (Å²) in [5.41, 5.74) is 0. The highest BCUT2D eigenvalue weighted by Crippen LogP contribution is 2.11. The number of nitrogens with one attached hydrogen (secondary N) is 2. The number of piperidine rings is 1. The van der Waals surface area contributed by atoms with Crippen molar-refractivity contribution in [3.05, 3.63) is 0 Å². The Morgan fingerprint density at radius 1 is 1.14 bits per heavy atom. The maximum atomic E-state index is 11.6. The lowest BCUT2D eigenvalue weighted by atomic mass is 10.1. The van der Waals surface area contributed by atoms with Gasteiger partial charge in [-0.05, 0) is 32.9 Å². The van der Waals surface area contributed by atoms with Crippen LogP contribution in [0.25, 0.3) is 0 Å². The van der Waals surface area contributed by atoms with Crippen LogP contribution in [-0.2, 0) is 9.59 Å². The van der Waals surface area contributed by atoms with Crippen molar-refractivity contribution < 1.29 is 24.6 Å². The van der Waals surface area contributed by atoms with Crippen LogP contribution in [0.1, 0.15) is 32.6 Å². The number of rotatable bonds is 7. The van der Waals surface area contributed by atoms with Gasteiger partial charge in [0.2, 0.25) is 0 Å². The quantitative estimate of drug-likeness (QED) is 0.529. The number of aliphatic carboxylic acids is 2. The number of amides is 2. The van der Waals surface area contributed by atoms with Crippen LogP contribution in [0, 0.1) is 0 Å². The summed E-state index contributed by atoms with van der Waals surface area (Å²) in [5, 5.41) is 22.2. The van der Waals surface area contributed by atoms with Crippen molar-refractivity contribution in [2.24, 2.45) is 0 Å².